The number of rotatable bonds is 3. The van der Waals surface area contributed by atoms with Gasteiger partial charge in [-0.25, -0.2) is 0 Å². The van der Waals surface area contributed by atoms with Crippen LogP contribution in [0.15, 0.2) is 12.2 Å². The van der Waals surface area contributed by atoms with Crippen molar-refractivity contribution in [3.05, 3.63) is 12.2 Å². The SMILES string of the molecule is C=C(CC)C(C)C1C2CCC21C. The zero-order valence-electron chi connectivity index (χ0n) is 8.56. The van der Waals surface area contributed by atoms with E-state index < -0.39 is 0 Å². The van der Waals surface area contributed by atoms with E-state index in [0.717, 1.165) is 23.2 Å². The number of hydrogen-bond donors (Lipinski definition) is 0. The normalized spacial score (nSPS) is 45.9. The van der Waals surface area contributed by atoms with Crippen LogP contribution in [0.3, 0.4) is 0 Å². The van der Waals surface area contributed by atoms with Gasteiger partial charge in [-0.15, -0.1) is 0 Å². The third-order valence-electron chi connectivity index (χ3n) is 4.56. The molecule has 0 heterocycles. The fourth-order valence-electron chi connectivity index (χ4n) is 3.31. The Morgan fingerprint density at radius 2 is 2.25 bits per heavy atom. The van der Waals surface area contributed by atoms with E-state index in [1.165, 1.54) is 24.8 Å². The standard InChI is InChI=1S/C12H20/c1-5-8(2)9(3)11-10-6-7-12(10,11)4/h9-11H,2,5-7H2,1,3-4H3. The van der Waals surface area contributed by atoms with Gasteiger partial charge >= 0.3 is 0 Å². The first kappa shape index (κ1) is 8.34. The van der Waals surface area contributed by atoms with Gasteiger partial charge in [0.25, 0.3) is 0 Å². The van der Waals surface area contributed by atoms with E-state index in [4.69, 9.17) is 0 Å². The summed E-state index contributed by atoms with van der Waals surface area (Å²) in [6.07, 6.45) is 4.13. The molecule has 0 aromatic rings. The molecule has 0 radical (unpaired) electrons. The minimum atomic E-state index is 0.748. The summed E-state index contributed by atoms with van der Waals surface area (Å²) in [4.78, 5) is 0. The summed E-state index contributed by atoms with van der Waals surface area (Å²) in [5.74, 6) is 2.84. The van der Waals surface area contributed by atoms with Crippen LogP contribution in [-0.2, 0) is 0 Å². The lowest BCUT2D eigenvalue weighted by molar-refractivity contribution is 0.315. The molecule has 0 spiro atoms. The molecule has 0 nitrogen and oxygen atoms in total. The maximum atomic E-state index is 4.16. The van der Waals surface area contributed by atoms with Gasteiger partial charge in [0.2, 0.25) is 0 Å². The van der Waals surface area contributed by atoms with Crippen molar-refractivity contribution >= 4 is 0 Å². The number of fused-ring (bicyclic) bond motifs is 1. The molecule has 12 heavy (non-hydrogen) atoms. The molecular weight excluding hydrogens is 144 g/mol. The molecule has 2 fully saturated rings. The summed E-state index contributed by atoms with van der Waals surface area (Å²) >= 11 is 0. The molecule has 2 rings (SSSR count). The van der Waals surface area contributed by atoms with Crippen molar-refractivity contribution in [2.75, 3.05) is 0 Å². The maximum absolute atomic E-state index is 4.16. The molecule has 0 bridgehead atoms. The van der Waals surface area contributed by atoms with Gasteiger partial charge in [-0.3, -0.25) is 0 Å². The van der Waals surface area contributed by atoms with E-state index in [-0.39, 0.29) is 0 Å². The van der Waals surface area contributed by atoms with E-state index in [1.807, 2.05) is 0 Å². The molecule has 2 saturated carbocycles. The highest BCUT2D eigenvalue weighted by molar-refractivity contribution is 5.21. The van der Waals surface area contributed by atoms with Crippen LogP contribution in [0.2, 0.25) is 0 Å². The van der Waals surface area contributed by atoms with Crippen molar-refractivity contribution < 1.29 is 0 Å². The van der Waals surface area contributed by atoms with Crippen molar-refractivity contribution in [1.29, 1.82) is 0 Å². The molecular formula is C12H20. The number of allylic oxidation sites excluding steroid dienone is 1. The molecule has 0 heteroatoms. The Morgan fingerprint density at radius 1 is 1.67 bits per heavy atom. The summed E-state index contributed by atoms with van der Waals surface area (Å²) < 4.78 is 0. The van der Waals surface area contributed by atoms with Gasteiger partial charge in [0.15, 0.2) is 0 Å². The summed E-state index contributed by atoms with van der Waals surface area (Å²) in [5, 5.41) is 0. The van der Waals surface area contributed by atoms with Gasteiger partial charge in [-0.2, -0.15) is 0 Å². The highest BCUT2D eigenvalue weighted by Crippen LogP contribution is 2.74. The zero-order chi connectivity index (χ0) is 8.93. The molecule has 0 saturated heterocycles. The van der Waals surface area contributed by atoms with E-state index in [0.29, 0.717) is 0 Å². The lowest BCUT2D eigenvalue weighted by Crippen LogP contribution is -2.10. The smallest absolute Gasteiger partial charge is 0.0198 e. The van der Waals surface area contributed by atoms with Gasteiger partial charge in [0, 0.05) is 0 Å². The van der Waals surface area contributed by atoms with Crippen LogP contribution in [-0.4, -0.2) is 0 Å². The summed E-state index contributed by atoms with van der Waals surface area (Å²) in [7, 11) is 0. The minimum absolute atomic E-state index is 0.748. The highest BCUT2D eigenvalue weighted by Gasteiger charge is 2.68. The predicted octanol–water partition coefficient (Wildman–Crippen LogP) is 3.63. The van der Waals surface area contributed by atoms with E-state index in [2.05, 4.69) is 27.4 Å². The molecule has 0 aromatic carbocycles. The Balaban J connectivity index is 1.99. The van der Waals surface area contributed by atoms with E-state index in [1.54, 1.807) is 0 Å². The second-order valence-electron chi connectivity index (χ2n) is 4.98. The molecule has 0 aromatic heterocycles. The van der Waals surface area contributed by atoms with Crippen molar-refractivity contribution in [3.63, 3.8) is 0 Å². The van der Waals surface area contributed by atoms with Crippen LogP contribution < -0.4 is 0 Å². The van der Waals surface area contributed by atoms with Crippen LogP contribution in [0.5, 0.6) is 0 Å². The van der Waals surface area contributed by atoms with Crippen molar-refractivity contribution in [1.82, 2.24) is 0 Å². The third-order valence-corrected chi connectivity index (χ3v) is 4.56. The highest BCUT2D eigenvalue weighted by atomic mass is 14.7. The second-order valence-corrected chi connectivity index (χ2v) is 4.98. The summed E-state index contributed by atoms with van der Waals surface area (Å²) in [6.45, 7) is 11.2. The van der Waals surface area contributed by atoms with Crippen molar-refractivity contribution in [2.24, 2.45) is 23.2 Å². The fourth-order valence-corrected chi connectivity index (χ4v) is 3.31. The van der Waals surface area contributed by atoms with E-state index >= 15 is 0 Å². The van der Waals surface area contributed by atoms with Crippen LogP contribution in [0, 0.1) is 23.2 Å². The van der Waals surface area contributed by atoms with Gasteiger partial charge in [-0.05, 0) is 42.4 Å². The van der Waals surface area contributed by atoms with Crippen LogP contribution >= 0.6 is 0 Å². The molecule has 2 aliphatic rings. The summed E-state index contributed by atoms with van der Waals surface area (Å²) in [6, 6.07) is 0. The van der Waals surface area contributed by atoms with Gasteiger partial charge in [0.1, 0.15) is 0 Å². The lowest BCUT2D eigenvalue weighted by Gasteiger charge is -2.20. The largest absolute Gasteiger partial charge is 0.0996 e. The van der Waals surface area contributed by atoms with Crippen molar-refractivity contribution in [2.45, 2.75) is 40.0 Å². The maximum Gasteiger partial charge on any atom is -0.0198 e. The lowest BCUT2D eigenvalue weighted by atomic mass is 9.85. The Labute approximate surface area is 76.1 Å². The first-order valence-electron chi connectivity index (χ1n) is 5.29. The third kappa shape index (κ3) is 0.841. The summed E-state index contributed by atoms with van der Waals surface area (Å²) in [5.41, 5.74) is 2.22. The Kier molecular flexibility index (Phi) is 1.65. The first-order valence-corrected chi connectivity index (χ1v) is 5.29. The Morgan fingerprint density at radius 3 is 2.58 bits per heavy atom. The molecule has 0 N–H and O–H groups in total. The van der Waals surface area contributed by atoms with Gasteiger partial charge in [0.05, 0.1) is 0 Å². The average molecular weight is 164 g/mol. The van der Waals surface area contributed by atoms with Gasteiger partial charge in [-0.1, -0.05) is 32.9 Å². The predicted molar refractivity (Wildman–Crippen MR) is 52.9 cm³/mol. The Hall–Kier alpha value is -0.260. The quantitative estimate of drug-likeness (QED) is 0.559. The molecule has 0 amide bonds. The minimum Gasteiger partial charge on any atom is -0.0996 e. The molecule has 4 atom stereocenters. The molecule has 68 valence electrons. The average Bonchev–Trinajstić information content (AvgIpc) is 2.48. The number of hydrogen-bond acceptors (Lipinski definition) is 0. The fraction of sp³-hybridized carbons (Fsp3) is 0.833. The molecule has 4 unspecified atom stereocenters. The first-order chi connectivity index (χ1) is 5.61. The Bertz CT molecular complexity index is 216. The monoisotopic (exact) mass is 164 g/mol. The van der Waals surface area contributed by atoms with Crippen molar-refractivity contribution in [3.8, 4) is 0 Å². The van der Waals surface area contributed by atoms with E-state index in [9.17, 15) is 0 Å². The van der Waals surface area contributed by atoms with Crippen LogP contribution in [0.4, 0.5) is 0 Å². The van der Waals surface area contributed by atoms with Crippen LogP contribution in [0.1, 0.15) is 40.0 Å². The molecule has 2 aliphatic carbocycles. The second kappa shape index (κ2) is 2.37. The zero-order valence-corrected chi connectivity index (χ0v) is 8.56. The topological polar surface area (TPSA) is 0 Å². The van der Waals surface area contributed by atoms with Crippen LogP contribution in [0.25, 0.3) is 0 Å². The van der Waals surface area contributed by atoms with Gasteiger partial charge < -0.3 is 0 Å². The molecule has 0 aliphatic heterocycles.